The van der Waals surface area contributed by atoms with Gasteiger partial charge in [0.1, 0.15) is 24.2 Å². The molecule has 1 aromatic heterocycles. The van der Waals surface area contributed by atoms with Crippen molar-refractivity contribution in [1.29, 1.82) is 0 Å². The van der Waals surface area contributed by atoms with Gasteiger partial charge in [0.15, 0.2) is 6.23 Å². The first-order chi connectivity index (χ1) is 10.4. The van der Waals surface area contributed by atoms with Gasteiger partial charge >= 0.3 is 11.7 Å². The minimum atomic E-state index is -0.665. The van der Waals surface area contributed by atoms with E-state index in [0.717, 1.165) is 0 Å². The quantitative estimate of drug-likeness (QED) is 0.742. The third-order valence-corrected chi connectivity index (χ3v) is 3.34. The highest BCUT2D eigenvalue weighted by atomic mass is 16.6. The highest BCUT2D eigenvalue weighted by Gasteiger charge is 2.24. The molecule has 22 heavy (non-hydrogen) atoms. The molecule has 0 saturated heterocycles. The van der Waals surface area contributed by atoms with Crippen molar-refractivity contribution in [3.05, 3.63) is 34.6 Å². The lowest BCUT2D eigenvalue weighted by Crippen LogP contribution is -2.37. The van der Waals surface area contributed by atoms with Crippen LogP contribution in [0.25, 0.3) is 0 Å². The zero-order valence-corrected chi connectivity index (χ0v) is 12.6. The molecule has 0 fully saturated rings. The Morgan fingerprint density at radius 1 is 1.59 bits per heavy atom. The van der Waals surface area contributed by atoms with Gasteiger partial charge in [-0.2, -0.15) is 4.98 Å². The summed E-state index contributed by atoms with van der Waals surface area (Å²) in [5.41, 5.74) is 10.6. The second-order valence-electron chi connectivity index (χ2n) is 5.40. The van der Waals surface area contributed by atoms with Gasteiger partial charge in [-0.15, -0.1) is 0 Å². The number of hydrogen-bond acceptors (Lipinski definition) is 7. The van der Waals surface area contributed by atoms with E-state index in [1.54, 1.807) is 6.08 Å². The highest BCUT2D eigenvalue weighted by molar-refractivity contribution is 5.75. The van der Waals surface area contributed by atoms with Crippen LogP contribution in [0.2, 0.25) is 0 Å². The lowest BCUT2D eigenvalue weighted by atomic mass is 10.1. The maximum absolute atomic E-state index is 11.7. The zero-order valence-electron chi connectivity index (χ0n) is 12.6. The molecule has 0 spiro atoms. The number of esters is 1. The first kappa shape index (κ1) is 16.0. The molecule has 0 saturated carbocycles. The maximum Gasteiger partial charge on any atom is 0.352 e. The third-order valence-electron chi connectivity index (χ3n) is 3.34. The highest BCUT2D eigenvalue weighted by Crippen LogP contribution is 2.25. The molecule has 1 aliphatic rings. The summed E-state index contributed by atoms with van der Waals surface area (Å²) in [5, 5.41) is 0. The van der Waals surface area contributed by atoms with Gasteiger partial charge in [0.05, 0.1) is 0 Å². The molecule has 0 bridgehead atoms. The van der Waals surface area contributed by atoms with E-state index in [4.69, 9.17) is 20.9 Å². The lowest BCUT2D eigenvalue weighted by Gasteiger charge is -2.17. The SMILES string of the molecule is CC(C)[C@H](N)C(=O)OCC1=CCC(n2ccc(N)nc2=O)O1. The number of nitrogen functional groups attached to an aromatic ring is 1. The van der Waals surface area contributed by atoms with Crippen LogP contribution in [0.5, 0.6) is 0 Å². The largest absolute Gasteiger partial charge is 0.471 e. The van der Waals surface area contributed by atoms with Crippen molar-refractivity contribution in [2.75, 3.05) is 12.3 Å². The lowest BCUT2D eigenvalue weighted by molar-refractivity contribution is -0.146. The molecule has 8 nitrogen and oxygen atoms in total. The number of hydrogen-bond donors (Lipinski definition) is 2. The number of carbonyl (C=O) groups is 1. The van der Waals surface area contributed by atoms with Gasteiger partial charge in [-0.05, 0) is 18.1 Å². The van der Waals surface area contributed by atoms with Crippen molar-refractivity contribution < 1.29 is 14.3 Å². The van der Waals surface area contributed by atoms with Gasteiger partial charge < -0.3 is 20.9 Å². The topological polar surface area (TPSA) is 122 Å². The Hall–Kier alpha value is -2.35. The zero-order chi connectivity index (χ0) is 16.3. The van der Waals surface area contributed by atoms with Crippen LogP contribution in [0.4, 0.5) is 5.82 Å². The van der Waals surface area contributed by atoms with E-state index in [0.29, 0.717) is 12.2 Å². The standard InChI is InChI=1S/C14H20N4O4/c1-8(2)12(16)13(19)21-7-9-3-4-11(22-9)18-6-5-10(15)17-14(18)20/h3,5-6,8,11-12H,4,7,16H2,1-2H3,(H2,15,17,20)/t11?,12-/m0/s1. The van der Waals surface area contributed by atoms with E-state index in [1.165, 1.54) is 16.8 Å². The third kappa shape index (κ3) is 3.64. The summed E-state index contributed by atoms with van der Waals surface area (Å²) in [6.07, 6.45) is 3.26. The fourth-order valence-corrected chi connectivity index (χ4v) is 1.92. The average Bonchev–Trinajstić information content (AvgIpc) is 2.92. The number of nitrogens with zero attached hydrogens (tertiary/aromatic N) is 2. The molecular formula is C14H20N4O4. The van der Waals surface area contributed by atoms with E-state index in [9.17, 15) is 9.59 Å². The molecule has 0 radical (unpaired) electrons. The van der Waals surface area contributed by atoms with Crippen LogP contribution in [0.3, 0.4) is 0 Å². The van der Waals surface area contributed by atoms with Gasteiger partial charge in [-0.25, -0.2) is 4.79 Å². The van der Waals surface area contributed by atoms with Crippen LogP contribution in [0.1, 0.15) is 26.5 Å². The van der Waals surface area contributed by atoms with Crippen molar-refractivity contribution in [2.45, 2.75) is 32.5 Å². The molecule has 1 aliphatic heterocycles. The summed E-state index contributed by atoms with van der Waals surface area (Å²) in [6.45, 7) is 3.68. The van der Waals surface area contributed by atoms with E-state index < -0.39 is 23.9 Å². The Kier molecular flexibility index (Phi) is 4.81. The summed E-state index contributed by atoms with van der Waals surface area (Å²) < 4.78 is 12.0. The molecule has 2 heterocycles. The molecule has 1 unspecified atom stereocenters. The predicted octanol–water partition coefficient (Wildman–Crippen LogP) is 0.155. The van der Waals surface area contributed by atoms with E-state index >= 15 is 0 Å². The minimum Gasteiger partial charge on any atom is -0.471 e. The molecule has 1 aromatic rings. The Morgan fingerprint density at radius 2 is 2.32 bits per heavy atom. The monoisotopic (exact) mass is 308 g/mol. The average molecular weight is 308 g/mol. The molecular weight excluding hydrogens is 288 g/mol. The van der Waals surface area contributed by atoms with Crippen molar-refractivity contribution in [2.24, 2.45) is 11.7 Å². The maximum atomic E-state index is 11.7. The first-order valence-corrected chi connectivity index (χ1v) is 7.01. The van der Waals surface area contributed by atoms with Gasteiger partial charge in [-0.1, -0.05) is 13.8 Å². The number of rotatable bonds is 5. The van der Waals surface area contributed by atoms with E-state index in [-0.39, 0.29) is 18.3 Å². The van der Waals surface area contributed by atoms with Gasteiger partial charge in [-0.3, -0.25) is 9.36 Å². The van der Waals surface area contributed by atoms with Crippen LogP contribution >= 0.6 is 0 Å². The molecule has 2 atom stereocenters. The molecule has 0 amide bonds. The number of carbonyl (C=O) groups excluding carboxylic acids is 1. The van der Waals surface area contributed by atoms with Gasteiger partial charge in [0.25, 0.3) is 0 Å². The Morgan fingerprint density at radius 3 is 2.95 bits per heavy atom. The van der Waals surface area contributed by atoms with Crippen molar-refractivity contribution in [3.63, 3.8) is 0 Å². The number of aromatic nitrogens is 2. The Balaban J connectivity index is 1.90. The molecule has 2 rings (SSSR count). The van der Waals surface area contributed by atoms with Crippen LogP contribution in [-0.4, -0.2) is 28.2 Å². The summed E-state index contributed by atoms with van der Waals surface area (Å²) in [6, 6.07) is 0.853. The molecule has 0 aliphatic carbocycles. The number of anilines is 1. The first-order valence-electron chi connectivity index (χ1n) is 7.01. The number of nitrogens with two attached hydrogens (primary N) is 2. The van der Waals surface area contributed by atoms with Crippen LogP contribution in [-0.2, 0) is 14.3 Å². The summed E-state index contributed by atoms with van der Waals surface area (Å²) in [4.78, 5) is 27.0. The molecule has 4 N–H and O–H groups in total. The summed E-state index contributed by atoms with van der Waals surface area (Å²) >= 11 is 0. The van der Waals surface area contributed by atoms with Crippen molar-refractivity contribution in [1.82, 2.24) is 9.55 Å². The Bertz CT molecular complexity index is 638. The van der Waals surface area contributed by atoms with Gasteiger partial charge in [0, 0.05) is 12.6 Å². The number of ether oxygens (including phenoxy) is 2. The van der Waals surface area contributed by atoms with E-state index in [2.05, 4.69) is 4.98 Å². The normalized spacial score (nSPS) is 18.7. The molecule has 120 valence electrons. The second kappa shape index (κ2) is 6.61. The predicted molar refractivity (Wildman–Crippen MR) is 79.5 cm³/mol. The second-order valence-corrected chi connectivity index (χ2v) is 5.40. The van der Waals surface area contributed by atoms with Crippen molar-refractivity contribution in [3.8, 4) is 0 Å². The summed E-state index contributed by atoms with van der Waals surface area (Å²) in [7, 11) is 0. The molecule has 0 aromatic carbocycles. The summed E-state index contributed by atoms with van der Waals surface area (Å²) in [5.74, 6) is 0.162. The fourth-order valence-electron chi connectivity index (χ4n) is 1.92. The van der Waals surface area contributed by atoms with Crippen LogP contribution < -0.4 is 17.2 Å². The Labute approximate surface area is 127 Å². The molecule has 8 heteroatoms. The fraction of sp³-hybridized carbons (Fsp3) is 0.500. The van der Waals surface area contributed by atoms with Crippen LogP contribution in [0.15, 0.2) is 28.9 Å². The smallest absolute Gasteiger partial charge is 0.352 e. The van der Waals surface area contributed by atoms with E-state index in [1.807, 2.05) is 13.8 Å². The van der Waals surface area contributed by atoms with Crippen molar-refractivity contribution >= 4 is 11.8 Å². The minimum absolute atomic E-state index is 0.00171. The van der Waals surface area contributed by atoms with Crippen LogP contribution in [0, 0.1) is 5.92 Å². The van der Waals surface area contributed by atoms with Gasteiger partial charge in [0.2, 0.25) is 0 Å².